The highest BCUT2D eigenvalue weighted by molar-refractivity contribution is 5.62. The Morgan fingerprint density at radius 2 is 2.15 bits per heavy atom. The summed E-state index contributed by atoms with van der Waals surface area (Å²) in [6.45, 7) is 3.59. The molecular weight excluding hydrogens is 160 g/mol. The van der Waals surface area contributed by atoms with Gasteiger partial charge in [-0.1, -0.05) is 42.5 Å². The summed E-state index contributed by atoms with van der Waals surface area (Å²) in [5, 5.41) is 9.64. The SMILES string of the molecule is C=CC(O)C1C=Cc2ccccc21. The van der Waals surface area contributed by atoms with E-state index in [2.05, 4.69) is 12.6 Å². The van der Waals surface area contributed by atoms with Crippen LogP contribution >= 0.6 is 0 Å². The molecule has 66 valence electrons. The molecule has 1 aromatic rings. The molecule has 0 aliphatic heterocycles. The van der Waals surface area contributed by atoms with Crippen molar-refractivity contribution in [2.45, 2.75) is 12.0 Å². The molecule has 0 radical (unpaired) electrons. The first kappa shape index (κ1) is 8.27. The van der Waals surface area contributed by atoms with Gasteiger partial charge in [-0.2, -0.15) is 0 Å². The topological polar surface area (TPSA) is 20.2 Å². The van der Waals surface area contributed by atoms with Gasteiger partial charge >= 0.3 is 0 Å². The quantitative estimate of drug-likeness (QED) is 0.679. The Kier molecular flexibility index (Phi) is 2.03. The van der Waals surface area contributed by atoms with E-state index in [0.29, 0.717) is 0 Å². The van der Waals surface area contributed by atoms with Crippen LogP contribution in [-0.2, 0) is 0 Å². The molecule has 0 amide bonds. The molecule has 1 N–H and O–H groups in total. The number of aliphatic hydroxyl groups excluding tert-OH is 1. The summed E-state index contributed by atoms with van der Waals surface area (Å²) in [4.78, 5) is 0. The van der Waals surface area contributed by atoms with Gasteiger partial charge in [0.2, 0.25) is 0 Å². The minimum atomic E-state index is -0.472. The Labute approximate surface area is 78.0 Å². The molecule has 1 aliphatic carbocycles. The van der Waals surface area contributed by atoms with E-state index < -0.39 is 6.10 Å². The van der Waals surface area contributed by atoms with Gasteiger partial charge in [-0.25, -0.2) is 0 Å². The molecule has 2 atom stereocenters. The Morgan fingerprint density at radius 3 is 2.92 bits per heavy atom. The van der Waals surface area contributed by atoms with Gasteiger partial charge < -0.3 is 5.11 Å². The number of benzene rings is 1. The van der Waals surface area contributed by atoms with Crippen LogP contribution in [0.15, 0.2) is 43.0 Å². The number of rotatable bonds is 2. The van der Waals surface area contributed by atoms with Gasteiger partial charge in [0.25, 0.3) is 0 Å². The summed E-state index contributed by atoms with van der Waals surface area (Å²) in [7, 11) is 0. The summed E-state index contributed by atoms with van der Waals surface area (Å²) in [6.07, 6.45) is 5.18. The predicted molar refractivity (Wildman–Crippen MR) is 54.4 cm³/mol. The molecule has 0 saturated carbocycles. The average Bonchev–Trinajstić information content (AvgIpc) is 2.60. The fraction of sp³-hybridized carbons (Fsp3) is 0.167. The molecule has 0 heterocycles. The van der Waals surface area contributed by atoms with Crippen LogP contribution in [0.25, 0.3) is 6.08 Å². The van der Waals surface area contributed by atoms with Crippen molar-refractivity contribution in [3.63, 3.8) is 0 Å². The van der Waals surface area contributed by atoms with Crippen LogP contribution in [0.3, 0.4) is 0 Å². The molecule has 1 aliphatic rings. The lowest BCUT2D eigenvalue weighted by Crippen LogP contribution is -2.11. The Balaban J connectivity index is 2.38. The highest BCUT2D eigenvalue weighted by Crippen LogP contribution is 2.32. The molecule has 1 heteroatoms. The summed E-state index contributed by atoms with van der Waals surface area (Å²) in [5.74, 6) is 0.0914. The number of aliphatic hydroxyl groups is 1. The van der Waals surface area contributed by atoms with Gasteiger partial charge in [0.05, 0.1) is 6.10 Å². The fourth-order valence-electron chi connectivity index (χ4n) is 1.72. The lowest BCUT2D eigenvalue weighted by atomic mass is 9.95. The maximum Gasteiger partial charge on any atom is 0.0821 e. The Morgan fingerprint density at radius 1 is 1.38 bits per heavy atom. The van der Waals surface area contributed by atoms with E-state index in [1.807, 2.05) is 30.4 Å². The van der Waals surface area contributed by atoms with Crippen molar-refractivity contribution in [1.82, 2.24) is 0 Å². The van der Waals surface area contributed by atoms with E-state index in [4.69, 9.17) is 0 Å². The van der Waals surface area contributed by atoms with Crippen molar-refractivity contribution in [2.24, 2.45) is 0 Å². The third kappa shape index (κ3) is 1.31. The van der Waals surface area contributed by atoms with E-state index >= 15 is 0 Å². The summed E-state index contributed by atoms with van der Waals surface area (Å²) < 4.78 is 0. The standard InChI is InChI=1S/C12H12O/c1-2-12(13)11-8-7-9-5-3-4-6-10(9)11/h2-8,11-13H,1H2. The molecule has 13 heavy (non-hydrogen) atoms. The number of fused-ring (bicyclic) bond motifs is 1. The van der Waals surface area contributed by atoms with Crippen LogP contribution in [0.5, 0.6) is 0 Å². The van der Waals surface area contributed by atoms with Gasteiger partial charge in [0.1, 0.15) is 0 Å². The van der Waals surface area contributed by atoms with Crippen molar-refractivity contribution in [3.05, 3.63) is 54.1 Å². The Bertz CT molecular complexity index is 352. The highest BCUT2D eigenvalue weighted by Gasteiger charge is 2.21. The minimum absolute atomic E-state index is 0.0914. The molecule has 0 spiro atoms. The van der Waals surface area contributed by atoms with E-state index in [1.54, 1.807) is 6.08 Å². The van der Waals surface area contributed by atoms with Crippen LogP contribution in [0, 0.1) is 0 Å². The van der Waals surface area contributed by atoms with Crippen molar-refractivity contribution in [2.75, 3.05) is 0 Å². The second-order valence-corrected chi connectivity index (χ2v) is 3.24. The van der Waals surface area contributed by atoms with Gasteiger partial charge in [-0.3, -0.25) is 0 Å². The van der Waals surface area contributed by atoms with E-state index in [1.165, 1.54) is 11.1 Å². The predicted octanol–water partition coefficient (Wildman–Crippen LogP) is 2.34. The zero-order chi connectivity index (χ0) is 9.26. The lowest BCUT2D eigenvalue weighted by Gasteiger charge is -2.14. The molecular formula is C12H12O. The van der Waals surface area contributed by atoms with Gasteiger partial charge in [0.15, 0.2) is 0 Å². The smallest absolute Gasteiger partial charge is 0.0821 e. The number of hydrogen-bond acceptors (Lipinski definition) is 1. The van der Waals surface area contributed by atoms with Crippen LogP contribution in [0.1, 0.15) is 17.0 Å². The second-order valence-electron chi connectivity index (χ2n) is 3.24. The molecule has 1 aromatic carbocycles. The molecule has 1 nitrogen and oxygen atoms in total. The van der Waals surface area contributed by atoms with Gasteiger partial charge in [0, 0.05) is 5.92 Å². The Hall–Kier alpha value is -1.34. The minimum Gasteiger partial charge on any atom is -0.388 e. The van der Waals surface area contributed by atoms with Crippen LogP contribution < -0.4 is 0 Å². The monoisotopic (exact) mass is 172 g/mol. The molecule has 0 fully saturated rings. The number of hydrogen-bond donors (Lipinski definition) is 1. The maximum atomic E-state index is 9.64. The first-order valence-electron chi connectivity index (χ1n) is 4.40. The van der Waals surface area contributed by atoms with E-state index in [9.17, 15) is 5.11 Å². The third-order valence-corrected chi connectivity index (χ3v) is 2.45. The highest BCUT2D eigenvalue weighted by atomic mass is 16.3. The van der Waals surface area contributed by atoms with Crippen molar-refractivity contribution in [1.29, 1.82) is 0 Å². The third-order valence-electron chi connectivity index (χ3n) is 2.45. The molecule has 0 aromatic heterocycles. The first-order chi connectivity index (χ1) is 6.33. The van der Waals surface area contributed by atoms with Crippen LogP contribution in [-0.4, -0.2) is 11.2 Å². The van der Waals surface area contributed by atoms with Crippen LogP contribution in [0.2, 0.25) is 0 Å². The zero-order valence-corrected chi connectivity index (χ0v) is 7.35. The largest absolute Gasteiger partial charge is 0.388 e. The van der Waals surface area contributed by atoms with Gasteiger partial charge in [-0.15, -0.1) is 6.58 Å². The van der Waals surface area contributed by atoms with E-state index in [0.717, 1.165) is 0 Å². The normalized spacial score (nSPS) is 21.2. The van der Waals surface area contributed by atoms with Crippen molar-refractivity contribution < 1.29 is 5.11 Å². The summed E-state index contributed by atoms with van der Waals surface area (Å²) in [6, 6.07) is 8.11. The molecule has 0 bridgehead atoms. The maximum absolute atomic E-state index is 9.64. The van der Waals surface area contributed by atoms with Crippen molar-refractivity contribution >= 4 is 6.08 Å². The van der Waals surface area contributed by atoms with Gasteiger partial charge in [-0.05, 0) is 11.1 Å². The van der Waals surface area contributed by atoms with E-state index in [-0.39, 0.29) is 5.92 Å². The molecule has 0 saturated heterocycles. The average molecular weight is 172 g/mol. The summed E-state index contributed by atoms with van der Waals surface area (Å²) >= 11 is 0. The second kappa shape index (κ2) is 3.19. The zero-order valence-electron chi connectivity index (χ0n) is 7.35. The fourth-order valence-corrected chi connectivity index (χ4v) is 1.72. The molecule has 2 rings (SSSR count). The van der Waals surface area contributed by atoms with Crippen LogP contribution in [0.4, 0.5) is 0 Å². The summed E-state index contributed by atoms with van der Waals surface area (Å²) in [5.41, 5.74) is 2.39. The lowest BCUT2D eigenvalue weighted by molar-refractivity contribution is 0.209. The van der Waals surface area contributed by atoms with Crippen molar-refractivity contribution in [3.8, 4) is 0 Å². The first-order valence-corrected chi connectivity index (χ1v) is 4.40. The molecule has 2 unspecified atom stereocenters.